The van der Waals surface area contributed by atoms with Crippen molar-refractivity contribution in [3.05, 3.63) is 0 Å². The number of hydrogen-bond donors (Lipinski definition) is 2. The van der Waals surface area contributed by atoms with Gasteiger partial charge in [0.15, 0.2) is 0 Å². The smallest absolute Gasteiger partial charge is 0.237 e. The molecule has 90 valence electrons. The third-order valence-corrected chi connectivity index (χ3v) is 2.31. The molecule has 0 bridgehead atoms. The molecule has 1 amide bonds. The van der Waals surface area contributed by atoms with E-state index in [-0.39, 0.29) is 11.9 Å². The van der Waals surface area contributed by atoms with Gasteiger partial charge in [-0.2, -0.15) is 0 Å². The van der Waals surface area contributed by atoms with Crippen molar-refractivity contribution < 1.29 is 9.53 Å². The van der Waals surface area contributed by atoms with Gasteiger partial charge in [-0.3, -0.25) is 4.79 Å². The lowest BCUT2D eigenvalue weighted by atomic mass is 10.1. The Bertz CT molecular complexity index is 174. The van der Waals surface area contributed by atoms with Crippen molar-refractivity contribution >= 4 is 5.91 Å². The first-order valence-electron chi connectivity index (χ1n) is 5.66. The minimum absolute atomic E-state index is 0.0490. The first-order valence-corrected chi connectivity index (χ1v) is 5.66. The molecule has 2 unspecified atom stereocenters. The molecule has 4 heteroatoms. The molecule has 0 radical (unpaired) electrons. The third-order valence-electron chi connectivity index (χ3n) is 2.31. The van der Waals surface area contributed by atoms with Gasteiger partial charge in [-0.1, -0.05) is 13.3 Å². The number of carbonyl (C=O) groups excluding carboxylic acids is 1. The molecule has 0 fully saturated rings. The molecule has 0 heterocycles. The number of rotatable bonds is 8. The van der Waals surface area contributed by atoms with Crippen molar-refractivity contribution in [2.75, 3.05) is 13.7 Å². The van der Waals surface area contributed by atoms with Gasteiger partial charge in [0.05, 0.1) is 6.04 Å². The van der Waals surface area contributed by atoms with Gasteiger partial charge in [0.2, 0.25) is 5.91 Å². The van der Waals surface area contributed by atoms with E-state index in [4.69, 9.17) is 10.5 Å². The second-order valence-electron chi connectivity index (χ2n) is 3.94. The molecule has 0 aromatic heterocycles. The summed E-state index contributed by atoms with van der Waals surface area (Å²) < 4.78 is 4.90. The number of amides is 1. The number of carbonyl (C=O) groups is 1. The van der Waals surface area contributed by atoms with Crippen LogP contribution >= 0.6 is 0 Å². The van der Waals surface area contributed by atoms with E-state index in [2.05, 4.69) is 12.2 Å². The fourth-order valence-electron chi connectivity index (χ4n) is 1.43. The maximum atomic E-state index is 11.5. The average Bonchev–Trinajstić information content (AvgIpc) is 2.18. The Morgan fingerprint density at radius 3 is 2.67 bits per heavy atom. The van der Waals surface area contributed by atoms with Crippen LogP contribution in [0.3, 0.4) is 0 Å². The Morgan fingerprint density at radius 2 is 2.13 bits per heavy atom. The van der Waals surface area contributed by atoms with E-state index in [0.29, 0.717) is 13.0 Å². The second kappa shape index (κ2) is 8.68. The summed E-state index contributed by atoms with van der Waals surface area (Å²) in [7, 11) is 1.65. The summed E-state index contributed by atoms with van der Waals surface area (Å²) in [6.07, 6.45) is 3.57. The highest BCUT2D eigenvalue weighted by molar-refractivity contribution is 5.81. The number of nitrogens with one attached hydrogen (secondary N) is 1. The highest BCUT2D eigenvalue weighted by Crippen LogP contribution is 1.98. The van der Waals surface area contributed by atoms with Crippen LogP contribution in [0.2, 0.25) is 0 Å². The summed E-state index contributed by atoms with van der Waals surface area (Å²) in [5, 5.41) is 2.90. The third kappa shape index (κ3) is 7.33. The Kier molecular flexibility index (Phi) is 8.33. The highest BCUT2D eigenvalue weighted by Gasteiger charge is 2.14. The van der Waals surface area contributed by atoms with Gasteiger partial charge in [0, 0.05) is 19.8 Å². The molecule has 0 aliphatic heterocycles. The molecule has 0 aromatic rings. The quantitative estimate of drug-likeness (QED) is 0.596. The first-order chi connectivity index (χ1) is 7.11. The van der Waals surface area contributed by atoms with Gasteiger partial charge in [-0.15, -0.1) is 0 Å². The van der Waals surface area contributed by atoms with Gasteiger partial charge in [-0.25, -0.2) is 0 Å². The number of methoxy groups -OCH3 is 1. The van der Waals surface area contributed by atoms with Crippen molar-refractivity contribution in [1.29, 1.82) is 0 Å². The lowest BCUT2D eigenvalue weighted by Gasteiger charge is -2.16. The largest absolute Gasteiger partial charge is 0.385 e. The van der Waals surface area contributed by atoms with Gasteiger partial charge in [-0.05, 0) is 26.2 Å². The monoisotopic (exact) mass is 216 g/mol. The van der Waals surface area contributed by atoms with E-state index in [1.54, 1.807) is 7.11 Å². The molecule has 0 rings (SSSR count). The van der Waals surface area contributed by atoms with Crippen LogP contribution in [0.15, 0.2) is 0 Å². The van der Waals surface area contributed by atoms with Crippen LogP contribution < -0.4 is 11.1 Å². The summed E-state index contributed by atoms with van der Waals surface area (Å²) in [4.78, 5) is 11.5. The summed E-state index contributed by atoms with van der Waals surface area (Å²) in [5.41, 5.74) is 5.73. The Labute approximate surface area is 92.6 Å². The molecule has 0 aromatic carbocycles. The molecule has 2 atom stereocenters. The predicted molar refractivity (Wildman–Crippen MR) is 61.6 cm³/mol. The van der Waals surface area contributed by atoms with E-state index >= 15 is 0 Å². The summed E-state index contributed by atoms with van der Waals surface area (Å²) in [5.74, 6) is -0.0490. The fraction of sp³-hybridized carbons (Fsp3) is 0.909. The zero-order chi connectivity index (χ0) is 11.7. The van der Waals surface area contributed by atoms with E-state index in [0.717, 1.165) is 19.3 Å². The standard InChI is InChI=1S/C11H24N2O2/c1-4-6-9(2)13-11(14)10(12)7-5-8-15-3/h9-10H,4-8,12H2,1-3H3,(H,13,14). The second-order valence-corrected chi connectivity index (χ2v) is 3.94. The first kappa shape index (κ1) is 14.4. The minimum Gasteiger partial charge on any atom is -0.385 e. The molecule has 0 aliphatic carbocycles. The van der Waals surface area contributed by atoms with Crippen molar-refractivity contribution in [2.24, 2.45) is 5.73 Å². The van der Waals surface area contributed by atoms with Crippen LogP contribution in [-0.2, 0) is 9.53 Å². The van der Waals surface area contributed by atoms with E-state index in [9.17, 15) is 4.79 Å². The summed E-state index contributed by atoms with van der Waals surface area (Å²) in [6, 6.07) is -0.185. The zero-order valence-corrected chi connectivity index (χ0v) is 10.1. The van der Waals surface area contributed by atoms with Crippen LogP contribution in [0, 0.1) is 0 Å². The average molecular weight is 216 g/mol. The molecule has 0 saturated carbocycles. The molecule has 15 heavy (non-hydrogen) atoms. The predicted octanol–water partition coefficient (Wildman–Crippen LogP) is 1.05. The van der Waals surface area contributed by atoms with Gasteiger partial charge < -0.3 is 15.8 Å². The Hall–Kier alpha value is -0.610. The van der Waals surface area contributed by atoms with Crippen LogP contribution in [0.4, 0.5) is 0 Å². The van der Waals surface area contributed by atoms with Crippen molar-refractivity contribution in [3.8, 4) is 0 Å². The lowest BCUT2D eigenvalue weighted by molar-refractivity contribution is -0.123. The maximum absolute atomic E-state index is 11.5. The van der Waals surface area contributed by atoms with Crippen LogP contribution in [-0.4, -0.2) is 31.7 Å². The Morgan fingerprint density at radius 1 is 1.47 bits per heavy atom. The summed E-state index contributed by atoms with van der Waals surface area (Å²) >= 11 is 0. The molecule has 3 N–H and O–H groups in total. The van der Waals surface area contributed by atoms with Crippen LogP contribution in [0.25, 0.3) is 0 Å². The van der Waals surface area contributed by atoms with Gasteiger partial charge >= 0.3 is 0 Å². The van der Waals surface area contributed by atoms with Crippen molar-refractivity contribution in [3.63, 3.8) is 0 Å². The van der Waals surface area contributed by atoms with Crippen molar-refractivity contribution in [2.45, 2.75) is 51.6 Å². The normalized spacial score (nSPS) is 14.7. The fourth-order valence-corrected chi connectivity index (χ4v) is 1.43. The molecule has 4 nitrogen and oxygen atoms in total. The SMILES string of the molecule is CCCC(C)NC(=O)C(N)CCCOC. The highest BCUT2D eigenvalue weighted by atomic mass is 16.5. The molecule has 0 spiro atoms. The van der Waals surface area contributed by atoms with Crippen LogP contribution in [0.1, 0.15) is 39.5 Å². The maximum Gasteiger partial charge on any atom is 0.237 e. The van der Waals surface area contributed by atoms with Crippen LogP contribution in [0.5, 0.6) is 0 Å². The van der Waals surface area contributed by atoms with E-state index in [1.165, 1.54) is 0 Å². The molecular formula is C11H24N2O2. The number of hydrogen-bond acceptors (Lipinski definition) is 3. The van der Waals surface area contributed by atoms with Gasteiger partial charge in [0.25, 0.3) is 0 Å². The number of ether oxygens (including phenoxy) is 1. The zero-order valence-electron chi connectivity index (χ0n) is 10.1. The molecule has 0 aliphatic rings. The number of nitrogens with two attached hydrogens (primary N) is 1. The van der Waals surface area contributed by atoms with E-state index in [1.807, 2.05) is 6.92 Å². The minimum atomic E-state index is -0.403. The van der Waals surface area contributed by atoms with Gasteiger partial charge in [0.1, 0.15) is 0 Å². The molecular weight excluding hydrogens is 192 g/mol. The Balaban J connectivity index is 3.68. The van der Waals surface area contributed by atoms with Crippen molar-refractivity contribution in [1.82, 2.24) is 5.32 Å². The van der Waals surface area contributed by atoms with E-state index < -0.39 is 6.04 Å². The topological polar surface area (TPSA) is 64.4 Å². The lowest BCUT2D eigenvalue weighted by Crippen LogP contribution is -2.44. The molecule has 0 saturated heterocycles. The summed E-state index contributed by atoms with van der Waals surface area (Å²) in [6.45, 7) is 4.76.